The summed E-state index contributed by atoms with van der Waals surface area (Å²) in [5, 5.41) is 7.87. The van der Waals surface area contributed by atoms with Crippen molar-refractivity contribution in [2.24, 2.45) is 0 Å². The van der Waals surface area contributed by atoms with E-state index in [4.69, 9.17) is 0 Å². The molecule has 0 bridgehead atoms. The molecule has 1 fully saturated rings. The molecule has 0 radical (unpaired) electrons. The van der Waals surface area contributed by atoms with Gasteiger partial charge >= 0.3 is 0 Å². The highest BCUT2D eigenvalue weighted by Gasteiger charge is 2.29. The lowest BCUT2D eigenvalue weighted by atomic mass is 10.0. The third-order valence-electron chi connectivity index (χ3n) is 4.35. The van der Waals surface area contributed by atoms with Crippen molar-refractivity contribution in [3.63, 3.8) is 0 Å². The van der Waals surface area contributed by atoms with Gasteiger partial charge in [0.1, 0.15) is 0 Å². The summed E-state index contributed by atoms with van der Waals surface area (Å²) in [6.07, 6.45) is 2.51. The third kappa shape index (κ3) is 3.16. The van der Waals surface area contributed by atoms with Crippen LogP contribution in [-0.4, -0.2) is 36.2 Å². The molecular weight excluding hydrogens is 328 g/mol. The molecule has 1 aliphatic rings. The second-order valence-corrected chi connectivity index (χ2v) is 8.24. The first-order valence-electron chi connectivity index (χ1n) is 8.07. The molecule has 0 spiro atoms. The number of rotatable bonds is 4. The normalized spacial score (nSPS) is 22.1. The Hall–Kier alpha value is -1.93. The summed E-state index contributed by atoms with van der Waals surface area (Å²) in [5.74, 6) is -0.0412. The monoisotopic (exact) mass is 350 g/mol. The van der Waals surface area contributed by atoms with E-state index in [9.17, 15) is 13.2 Å². The SMILES string of the molecule is CC1NC(=O)CCC1NS(=O)(=O)c1ccc2c(cnn2C(C)C)c1. The number of piperidine rings is 1. The Kier molecular flexibility index (Phi) is 4.35. The van der Waals surface area contributed by atoms with E-state index >= 15 is 0 Å². The first-order chi connectivity index (χ1) is 11.3. The standard InChI is InChI=1S/C16H22N4O3S/c1-10(2)20-15-6-4-13(8-12(15)9-17-20)24(22,23)19-14-5-7-16(21)18-11(14)3/h4,6,8-11,14,19H,5,7H2,1-3H3,(H,18,21). The van der Waals surface area contributed by atoms with E-state index in [0.29, 0.717) is 12.8 Å². The van der Waals surface area contributed by atoms with Crippen molar-refractivity contribution in [2.45, 2.75) is 56.6 Å². The predicted molar refractivity (Wildman–Crippen MR) is 91.1 cm³/mol. The van der Waals surface area contributed by atoms with Crippen LogP contribution >= 0.6 is 0 Å². The van der Waals surface area contributed by atoms with Crippen LogP contribution in [0.3, 0.4) is 0 Å². The molecule has 1 aromatic carbocycles. The molecule has 2 atom stereocenters. The van der Waals surface area contributed by atoms with E-state index in [1.807, 2.05) is 18.5 Å². The Morgan fingerprint density at radius 2 is 2.12 bits per heavy atom. The number of sulfonamides is 1. The van der Waals surface area contributed by atoms with Gasteiger partial charge in [0.2, 0.25) is 15.9 Å². The van der Waals surface area contributed by atoms with Gasteiger partial charge in [-0.15, -0.1) is 0 Å². The van der Waals surface area contributed by atoms with E-state index in [1.54, 1.807) is 31.3 Å². The summed E-state index contributed by atoms with van der Waals surface area (Å²) in [4.78, 5) is 11.6. The first kappa shape index (κ1) is 16.9. The molecule has 0 saturated carbocycles. The van der Waals surface area contributed by atoms with Crippen molar-refractivity contribution < 1.29 is 13.2 Å². The van der Waals surface area contributed by atoms with Crippen LogP contribution in [0.25, 0.3) is 10.9 Å². The van der Waals surface area contributed by atoms with Gasteiger partial charge in [-0.3, -0.25) is 9.48 Å². The van der Waals surface area contributed by atoms with Gasteiger partial charge in [-0.2, -0.15) is 5.10 Å². The van der Waals surface area contributed by atoms with Crippen LogP contribution in [0, 0.1) is 0 Å². The smallest absolute Gasteiger partial charge is 0.240 e. The van der Waals surface area contributed by atoms with E-state index in [0.717, 1.165) is 10.9 Å². The summed E-state index contributed by atoms with van der Waals surface area (Å²) in [5.41, 5.74) is 0.905. The first-order valence-corrected chi connectivity index (χ1v) is 9.55. The number of nitrogens with zero attached hydrogens (tertiary/aromatic N) is 2. The lowest BCUT2D eigenvalue weighted by Crippen LogP contribution is -2.53. The number of carbonyl (C=O) groups is 1. The largest absolute Gasteiger partial charge is 0.352 e. The Balaban J connectivity index is 1.87. The number of aromatic nitrogens is 2. The highest BCUT2D eigenvalue weighted by atomic mass is 32.2. The zero-order valence-electron chi connectivity index (χ0n) is 14.0. The Labute approximate surface area is 141 Å². The maximum absolute atomic E-state index is 12.7. The van der Waals surface area contributed by atoms with E-state index in [1.165, 1.54) is 0 Å². The van der Waals surface area contributed by atoms with E-state index in [2.05, 4.69) is 15.1 Å². The van der Waals surface area contributed by atoms with Gasteiger partial charge in [0, 0.05) is 29.9 Å². The molecular formula is C16H22N4O3S. The van der Waals surface area contributed by atoms with Crippen LogP contribution in [0.1, 0.15) is 39.7 Å². The molecule has 3 rings (SSSR count). The van der Waals surface area contributed by atoms with Gasteiger partial charge in [-0.25, -0.2) is 13.1 Å². The number of fused-ring (bicyclic) bond motifs is 1. The van der Waals surface area contributed by atoms with Gasteiger partial charge in [-0.1, -0.05) is 0 Å². The van der Waals surface area contributed by atoms with Gasteiger partial charge < -0.3 is 5.32 Å². The highest BCUT2D eigenvalue weighted by molar-refractivity contribution is 7.89. The lowest BCUT2D eigenvalue weighted by molar-refractivity contribution is -0.123. The van der Waals surface area contributed by atoms with Gasteiger partial charge in [-0.05, 0) is 45.4 Å². The molecule has 2 unspecified atom stereocenters. The maximum Gasteiger partial charge on any atom is 0.240 e. The molecule has 2 N–H and O–H groups in total. The second kappa shape index (κ2) is 6.18. The number of carbonyl (C=O) groups excluding carboxylic acids is 1. The number of hydrogen-bond donors (Lipinski definition) is 2. The molecule has 2 aromatic rings. The quantitative estimate of drug-likeness (QED) is 0.875. The van der Waals surface area contributed by atoms with Crippen LogP contribution in [0.2, 0.25) is 0 Å². The Bertz CT molecular complexity index is 873. The van der Waals surface area contributed by atoms with E-state index in [-0.39, 0.29) is 28.9 Å². The minimum atomic E-state index is -3.65. The summed E-state index contributed by atoms with van der Waals surface area (Å²) in [6, 6.07) is 4.68. The predicted octanol–water partition coefficient (Wildman–Crippen LogP) is 1.56. The van der Waals surface area contributed by atoms with Crippen LogP contribution < -0.4 is 10.0 Å². The molecule has 24 heavy (non-hydrogen) atoms. The van der Waals surface area contributed by atoms with E-state index < -0.39 is 10.0 Å². The van der Waals surface area contributed by atoms with Crippen LogP contribution in [0.15, 0.2) is 29.3 Å². The Morgan fingerprint density at radius 1 is 1.38 bits per heavy atom. The van der Waals surface area contributed by atoms with Crippen LogP contribution in [0.4, 0.5) is 0 Å². The van der Waals surface area contributed by atoms with Crippen LogP contribution in [-0.2, 0) is 14.8 Å². The molecule has 0 aliphatic carbocycles. The average Bonchev–Trinajstić information content (AvgIpc) is 2.93. The molecule has 1 aromatic heterocycles. The fourth-order valence-electron chi connectivity index (χ4n) is 3.00. The minimum Gasteiger partial charge on any atom is -0.352 e. The zero-order valence-corrected chi connectivity index (χ0v) is 14.8. The third-order valence-corrected chi connectivity index (χ3v) is 5.84. The molecule has 1 amide bonds. The van der Waals surface area contributed by atoms with Crippen molar-refractivity contribution in [2.75, 3.05) is 0 Å². The molecule has 2 heterocycles. The summed E-state index contributed by atoms with van der Waals surface area (Å²) >= 11 is 0. The summed E-state index contributed by atoms with van der Waals surface area (Å²) < 4.78 is 29.9. The number of nitrogens with one attached hydrogen (secondary N) is 2. The van der Waals surface area contributed by atoms with Gasteiger partial charge in [0.15, 0.2) is 0 Å². The number of benzene rings is 1. The lowest BCUT2D eigenvalue weighted by Gasteiger charge is -2.30. The van der Waals surface area contributed by atoms with Gasteiger partial charge in [0.05, 0.1) is 16.6 Å². The summed E-state index contributed by atoms with van der Waals surface area (Å²) in [7, 11) is -3.65. The van der Waals surface area contributed by atoms with Crippen molar-refractivity contribution in [3.05, 3.63) is 24.4 Å². The molecule has 8 heteroatoms. The van der Waals surface area contributed by atoms with Crippen LogP contribution in [0.5, 0.6) is 0 Å². The average molecular weight is 350 g/mol. The number of amides is 1. The Morgan fingerprint density at radius 3 is 2.79 bits per heavy atom. The highest BCUT2D eigenvalue weighted by Crippen LogP contribution is 2.22. The zero-order chi connectivity index (χ0) is 17.5. The van der Waals surface area contributed by atoms with Crippen molar-refractivity contribution in [1.29, 1.82) is 0 Å². The number of hydrogen-bond acceptors (Lipinski definition) is 4. The van der Waals surface area contributed by atoms with Crippen molar-refractivity contribution >= 4 is 26.8 Å². The van der Waals surface area contributed by atoms with Gasteiger partial charge in [0.25, 0.3) is 0 Å². The molecule has 130 valence electrons. The molecule has 1 aliphatic heterocycles. The maximum atomic E-state index is 12.7. The topological polar surface area (TPSA) is 93.1 Å². The summed E-state index contributed by atoms with van der Waals surface area (Å²) in [6.45, 7) is 5.86. The fourth-order valence-corrected chi connectivity index (χ4v) is 4.39. The van der Waals surface area contributed by atoms with Crippen molar-refractivity contribution in [1.82, 2.24) is 19.8 Å². The minimum absolute atomic E-state index is 0.0412. The fraction of sp³-hybridized carbons (Fsp3) is 0.500. The second-order valence-electron chi connectivity index (χ2n) is 6.53. The van der Waals surface area contributed by atoms with Crippen molar-refractivity contribution in [3.8, 4) is 0 Å². The molecule has 7 nitrogen and oxygen atoms in total. The molecule has 1 saturated heterocycles.